The minimum atomic E-state index is -0.304. The first-order valence-corrected chi connectivity index (χ1v) is 7.04. The van der Waals surface area contributed by atoms with Gasteiger partial charge in [0.15, 0.2) is 5.65 Å². The number of fused-ring (bicyclic) bond motifs is 1. The fraction of sp³-hybridized carbons (Fsp3) is 0.0625. The highest BCUT2D eigenvalue weighted by Gasteiger charge is 2.08. The van der Waals surface area contributed by atoms with Gasteiger partial charge in [0.2, 0.25) is 0 Å². The zero-order valence-corrected chi connectivity index (χ0v) is 12.0. The van der Waals surface area contributed by atoms with Gasteiger partial charge in [0.1, 0.15) is 5.82 Å². The van der Waals surface area contributed by atoms with Crippen LogP contribution in [0.5, 0.6) is 0 Å². The highest BCUT2D eigenvalue weighted by Crippen LogP contribution is 2.18. The number of hydrogen-bond acceptors (Lipinski definition) is 3. The zero-order valence-electron chi connectivity index (χ0n) is 12.0. The third-order valence-corrected chi connectivity index (χ3v) is 3.54. The van der Waals surface area contributed by atoms with Crippen molar-refractivity contribution in [1.82, 2.24) is 24.4 Å². The Morgan fingerprint density at radius 3 is 2.74 bits per heavy atom. The van der Waals surface area contributed by atoms with Crippen LogP contribution < -0.4 is 5.56 Å². The lowest BCUT2D eigenvalue weighted by Gasteiger charge is -2.01. The zero-order chi connectivity index (χ0) is 15.8. The molecular formula is C16H12FN5O. The molecule has 0 fully saturated rings. The van der Waals surface area contributed by atoms with Gasteiger partial charge in [-0.15, -0.1) is 0 Å². The van der Waals surface area contributed by atoms with E-state index in [2.05, 4.69) is 15.2 Å². The molecule has 23 heavy (non-hydrogen) atoms. The summed E-state index contributed by atoms with van der Waals surface area (Å²) in [6.07, 6.45) is 3.49. The summed E-state index contributed by atoms with van der Waals surface area (Å²) in [6.45, 7) is 0.426. The van der Waals surface area contributed by atoms with E-state index in [1.807, 2.05) is 12.3 Å². The molecule has 0 aliphatic rings. The molecule has 0 radical (unpaired) electrons. The molecule has 4 rings (SSSR count). The molecule has 0 saturated carbocycles. The van der Waals surface area contributed by atoms with Crippen molar-refractivity contribution in [3.8, 4) is 11.3 Å². The Bertz CT molecular complexity index is 1010. The van der Waals surface area contributed by atoms with Gasteiger partial charge in [-0.2, -0.15) is 5.10 Å². The third kappa shape index (κ3) is 2.52. The van der Waals surface area contributed by atoms with Gasteiger partial charge < -0.3 is 0 Å². The Morgan fingerprint density at radius 1 is 1.17 bits per heavy atom. The number of rotatable bonds is 3. The molecule has 0 atom stereocenters. The van der Waals surface area contributed by atoms with Crippen molar-refractivity contribution < 1.29 is 4.39 Å². The lowest BCUT2D eigenvalue weighted by molar-refractivity contribution is 0.628. The van der Waals surface area contributed by atoms with Crippen LogP contribution in [0.15, 0.2) is 59.7 Å². The first-order chi connectivity index (χ1) is 11.2. The maximum atomic E-state index is 13.0. The molecule has 4 aromatic rings. The second-order valence-electron chi connectivity index (χ2n) is 5.16. The summed E-state index contributed by atoms with van der Waals surface area (Å²) in [4.78, 5) is 16.7. The minimum absolute atomic E-state index is 0.203. The predicted octanol–water partition coefficient (Wildman–Crippen LogP) is 2.07. The summed E-state index contributed by atoms with van der Waals surface area (Å²) in [6, 6.07) is 11.1. The van der Waals surface area contributed by atoms with Gasteiger partial charge in [0.25, 0.3) is 5.56 Å². The topological polar surface area (TPSA) is 68.0 Å². The Morgan fingerprint density at radius 2 is 2.00 bits per heavy atom. The van der Waals surface area contributed by atoms with Gasteiger partial charge in [-0.25, -0.2) is 13.9 Å². The summed E-state index contributed by atoms with van der Waals surface area (Å²) >= 11 is 0. The first kappa shape index (κ1) is 13.4. The number of H-pyrrole nitrogens is 1. The van der Waals surface area contributed by atoms with Gasteiger partial charge in [-0.3, -0.25) is 14.6 Å². The molecule has 6 nitrogen and oxygen atoms in total. The van der Waals surface area contributed by atoms with E-state index in [1.165, 1.54) is 22.7 Å². The van der Waals surface area contributed by atoms with Crippen LogP contribution in [0.3, 0.4) is 0 Å². The SMILES string of the molecule is O=c1cc(Cn2cccn2)nc2cc(-c3ccc(F)cc3)[nH]n12. The van der Waals surface area contributed by atoms with Crippen LogP contribution in [-0.2, 0) is 6.54 Å². The number of hydrogen-bond donors (Lipinski definition) is 1. The third-order valence-electron chi connectivity index (χ3n) is 3.54. The average Bonchev–Trinajstić information content (AvgIpc) is 3.17. The van der Waals surface area contributed by atoms with Crippen LogP contribution in [0.4, 0.5) is 4.39 Å². The van der Waals surface area contributed by atoms with Crippen molar-refractivity contribution in [2.45, 2.75) is 6.54 Å². The van der Waals surface area contributed by atoms with Crippen LogP contribution in [0, 0.1) is 5.82 Å². The summed E-state index contributed by atoms with van der Waals surface area (Å²) in [5.41, 5.74) is 2.42. The van der Waals surface area contributed by atoms with Crippen LogP contribution in [-0.4, -0.2) is 24.4 Å². The standard InChI is InChI=1S/C16H12FN5O/c17-12-4-2-11(3-5-12)14-9-15-19-13(8-16(23)22(15)20-14)10-21-7-1-6-18-21/h1-9,20H,10H2. The smallest absolute Gasteiger partial charge is 0.272 e. The highest BCUT2D eigenvalue weighted by molar-refractivity contribution is 5.63. The van der Waals surface area contributed by atoms with E-state index in [-0.39, 0.29) is 11.4 Å². The summed E-state index contributed by atoms with van der Waals surface area (Å²) in [7, 11) is 0. The second kappa shape index (κ2) is 5.20. The maximum Gasteiger partial charge on any atom is 0.272 e. The molecule has 0 bridgehead atoms. The Hall–Kier alpha value is -3.22. The van der Waals surface area contributed by atoms with E-state index in [4.69, 9.17) is 0 Å². The maximum absolute atomic E-state index is 13.0. The number of aromatic amines is 1. The first-order valence-electron chi connectivity index (χ1n) is 7.04. The van der Waals surface area contributed by atoms with E-state index >= 15 is 0 Å². The molecule has 114 valence electrons. The number of halogens is 1. The van der Waals surface area contributed by atoms with Crippen molar-refractivity contribution in [2.75, 3.05) is 0 Å². The second-order valence-corrected chi connectivity index (χ2v) is 5.16. The monoisotopic (exact) mass is 309 g/mol. The van der Waals surface area contributed by atoms with Crippen molar-refractivity contribution in [3.05, 3.63) is 76.7 Å². The van der Waals surface area contributed by atoms with E-state index in [0.717, 1.165) is 5.56 Å². The Balaban J connectivity index is 1.77. The van der Waals surface area contributed by atoms with Crippen LogP contribution >= 0.6 is 0 Å². The fourth-order valence-electron chi connectivity index (χ4n) is 2.46. The van der Waals surface area contributed by atoms with Crippen molar-refractivity contribution in [2.24, 2.45) is 0 Å². The summed E-state index contributed by atoms with van der Waals surface area (Å²) in [5, 5.41) is 7.09. The number of benzene rings is 1. The largest absolute Gasteiger partial charge is 0.289 e. The predicted molar refractivity (Wildman–Crippen MR) is 82.5 cm³/mol. The van der Waals surface area contributed by atoms with E-state index in [9.17, 15) is 9.18 Å². The number of nitrogens with zero attached hydrogens (tertiary/aromatic N) is 4. The molecule has 0 saturated heterocycles. The quantitative estimate of drug-likeness (QED) is 0.630. The summed E-state index contributed by atoms with van der Waals surface area (Å²) in [5.74, 6) is -0.304. The van der Waals surface area contributed by atoms with Crippen LogP contribution in [0.25, 0.3) is 16.9 Å². The van der Waals surface area contributed by atoms with Crippen LogP contribution in [0.2, 0.25) is 0 Å². The molecule has 1 N–H and O–H groups in total. The fourth-order valence-corrected chi connectivity index (χ4v) is 2.46. The van der Waals surface area contributed by atoms with E-state index < -0.39 is 0 Å². The van der Waals surface area contributed by atoms with Gasteiger partial charge in [-0.05, 0) is 35.9 Å². The van der Waals surface area contributed by atoms with Gasteiger partial charge in [0, 0.05) is 24.5 Å². The molecular weight excluding hydrogens is 297 g/mol. The van der Waals surface area contributed by atoms with Gasteiger partial charge in [0.05, 0.1) is 17.9 Å². The highest BCUT2D eigenvalue weighted by atomic mass is 19.1. The Labute approximate surface area is 129 Å². The van der Waals surface area contributed by atoms with Crippen molar-refractivity contribution in [1.29, 1.82) is 0 Å². The van der Waals surface area contributed by atoms with E-state index in [0.29, 0.717) is 23.6 Å². The lowest BCUT2D eigenvalue weighted by atomic mass is 10.1. The molecule has 0 unspecified atom stereocenters. The molecule has 1 aromatic carbocycles. The molecule has 3 aromatic heterocycles. The Kier molecular flexibility index (Phi) is 3.04. The lowest BCUT2D eigenvalue weighted by Crippen LogP contribution is -2.16. The van der Waals surface area contributed by atoms with E-state index in [1.54, 1.807) is 29.1 Å². The molecule has 3 heterocycles. The molecule has 0 aliphatic carbocycles. The van der Waals surface area contributed by atoms with Crippen molar-refractivity contribution >= 4 is 5.65 Å². The average molecular weight is 309 g/mol. The molecule has 7 heteroatoms. The molecule has 0 amide bonds. The van der Waals surface area contributed by atoms with Crippen LogP contribution in [0.1, 0.15) is 5.69 Å². The number of nitrogens with one attached hydrogen (secondary N) is 1. The normalized spacial score (nSPS) is 11.2. The number of aromatic nitrogens is 5. The summed E-state index contributed by atoms with van der Waals surface area (Å²) < 4.78 is 16.1. The van der Waals surface area contributed by atoms with Gasteiger partial charge >= 0.3 is 0 Å². The molecule has 0 aliphatic heterocycles. The van der Waals surface area contributed by atoms with Gasteiger partial charge in [-0.1, -0.05) is 0 Å². The van der Waals surface area contributed by atoms with Crippen molar-refractivity contribution in [3.63, 3.8) is 0 Å². The minimum Gasteiger partial charge on any atom is -0.289 e. The molecule has 0 spiro atoms.